The molecule has 0 saturated carbocycles. The molecule has 2 aromatic rings. The highest BCUT2D eigenvalue weighted by molar-refractivity contribution is 9.10. The Bertz CT molecular complexity index is 607. The van der Waals surface area contributed by atoms with Crippen LogP contribution in [0.25, 0.3) is 0 Å². The first-order chi connectivity index (χ1) is 8.16. The SMILES string of the molecule is Cc1c(Br)cc2c(c1C)Nc1ccccc1S2. The van der Waals surface area contributed by atoms with Crippen LogP contribution in [0.3, 0.4) is 0 Å². The molecule has 1 heterocycles. The molecule has 1 nitrogen and oxygen atoms in total. The summed E-state index contributed by atoms with van der Waals surface area (Å²) < 4.78 is 1.18. The van der Waals surface area contributed by atoms with E-state index in [1.54, 1.807) is 0 Å². The largest absolute Gasteiger partial charge is 0.353 e. The Kier molecular flexibility index (Phi) is 2.68. The van der Waals surface area contributed by atoms with Crippen LogP contribution in [0.1, 0.15) is 11.1 Å². The van der Waals surface area contributed by atoms with Crippen LogP contribution in [0, 0.1) is 13.8 Å². The fourth-order valence-electron chi connectivity index (χ4n) is 1.99. The van der Waals surface area contributed by atoms with Crippen molar-refractivity contribution < 1.29 is 0 Å². The molecule has 1 aliphatic heterocycles. The first-order valence-corrected chi connectivity index (χ1v) is 7.11. The number of hydrogen-bond acceptors (Lipinski definition) is 2. The Morgan fingerprint density at radius 2 is 1.82 bits per heavy atom. The monoisotopic (exact) mass is 305 g/mol. The molecule has 0 spiro atoms. The van der Waals surface area contributed by atoms with Crippen molar-refractivity contribution in [3.63, 3.8) is 0 Å². The van der Waals surface area contributed by atoms with Crippen LogP contribution >= 0.6 is 27.7 Å². The molecule has 0 atom stereocenters. The highest BCUT2D eigenvalue weighted by Crippen LogP contribution is 2.47. The Morgan fingerprint density at radius 1 is 1.06 bits per heavy atom. The fraction of sp³-hybridized carbons (Fsp3) is 0.143. The number of fused-ring (bicyclic) bond motifs is 2. The molecule has 86 valence electrons. The lowest BCUT2D eigenvalue weighted by Gasteiger charge is -2.24. The van der Waals surface area contributed by atoms with E-state index in [0.29, 0.717) is 0 Å². The quantitative estimate of drug-likeness (QED) is 0.607. The van der Waals surface area contributed by atoms with E-state index in [-0.39, 0.29) is 0 Å². The highest BCUT2D eigenvalue weighted by atomic mass is 79.9. The Morgan fingerprint density at radius 3 is 2.65 bits per heavy atom. The molecule has 2 aromatic carbocycles. The molecule has 1 aliphatic rings. The molecule has 0 radical (unpaired) electrons. The molecule has 1 N–H and O–H groups in total. The number of benzene rings is 2. The van der Waals surface area contributed by atoms with E-state index in [1.165, 1.54) is 36.8 Å². The number of anilines is 2. The lowest BCUT2D eigenvalue weighted by Crippen LogP contribution is -2.03. The molecule has 3 rings (SSSR count). The topological polar surface area (TPSA) is 12.0 Å². The van der Waals surface area contributed by atoms with Crippen molar-refractivity contribution in [1.29, 1.82) is 0 Å². The van der Waals surface area contributed by atoms with Crippen molar-refractivity contribution in [1.82, 2.24) is 0 Å². The van der Waals surface area contributed by atoms with Gasteiger partial charge < -0.3 is 5.32 Å². The molecule has 0 unspecified atom stereocenters. The number of hydrogen-bond donors (Lipinski definition) is 1. The standard InChI is InChI=1S/C14H12BrNS/c1-8-9(2)14-13(7-10(8)15)17-12-6-4-3-5-11(12)16-14/h3-7,16H,1-2H3. The average Bonchev–Trinajstić information content (AvgIpc) is 2.34. The smallest absolute Gasteiger partial charge is 0.0559 e. The zero-order valence-corrected chi connectivity index (χ0v) is 12.1. The minimum Gasteiger partial charge on any atom is -0.353 e. The molecule has 0 saturated heterocycles. The van der Waals surface area contributed by atoms with Crippen LogP contribution in [0.5, 0.6) is 0 Å². The van der Waals surface area contributed by atoms with Gasteiger partial charge in [0.25, 0.3) is 0 Å². The summed E-state index contributed by atoms with van der Waals surface area (Å²) in [7, 11) is 0. The van der Waals surface area contributed by atoms with Crippen LogP contribution in [0.4, 0.5) is 11.4 Å². The summed E-state index contributed by atoms with van der Waals surface area (Å²) in [6.07, 6.45) is 0. The molecule has 0 bridgehead atoms. The predicted molar refractivity (Wildman–Crippen MR) is 77.5 cm³/mol. The van der Waals surface area contributed by atoms with Crippen LogP contribution in [-0.2, 0) is 0 Å². The Hall–Kier alpha value is -0.930. The van der Waals surface area contributed by atoms with Crippen molar-refractivity contribution in [2.75, 3.05) is 5.32 Å². The van der Waals surface area contributed by atoms with E-state index >= 15 is 0 Å². The Balaban J connectivity index is 2.18. The summed E-state index contributed by atoms with van der Waals surface area (Å²) in [5, 5.41) is 3.54. The molecule has 17 heavy (non-hydrogen) atoms. The normalized spacial score (nSPS) is 12.6. The molecule has 3 heteroatoms. The van der Waals surface area contributed by atoms with Crippen molar-refractivity contribution in [2.24, 2.45) is 0 Å². The molecule has 0 aromatic heterocycles. The molecule has 0 aliphatic carbocycles. The van der Waals surface area contributed by atoms with Gasteiger partial charge in [0.2, 0.25) is 0 Å². The van der Waals surface area contributed by atoms with Gasteiger partial charge in [0.1, 0.15) is 0 Å². The van der Waals surface area contributed by atoms with Crippen LogP contribution in [0.15, 0.2) is 44.6 Å². The third-order valence-corrected chi connectivity index (χ3v) is 5.11. The van der Waals surface area contributed by atoms with Crippen molar-refractivity contribution in [3.8, 4) is 0 Å². The third kappa shape index (κ3) is 1.78. The second-order valence-corrected chi connectivity index (χ2v) is 6.14. The van der Waals surface area contributed by atoms with Gasteiger partial charge in [0.05, 0.1) is 11.4 Å². The summed E-state index contributed by atoms with van der Waals surface area (Å²) in [5.41, 5.74) is 5.07. The van der Waals surface area contributed by atoms with E-state index in [1.807, 2.05) is 11.8 Å². The van der Waals surface area contributed by atoms with E-state index < -0.39 is 0 Å². The van der Waals surface area contributed by atoms with E-state index in [9.17, 15) is 0 Å². The summed E-state index contributed by atoms with van der Waals surface area (Å²) in [5.74, 6) is 0. The van der Waals surface area contributed by atoms with Crippen LogP contribution in [0.2, 0.25) is 0 Å². The van der Waals surface area contributed by atoms with Crippen molar-refractivity contribution in [3.05, 3.63) is 45.9 Å². The molecule has 0 amide bonds. The van der Waals surface area contributed by atoms with Gasteiger partial charge in [0, 0.05) is 14.3 Å². The summed E-state index contributed by atoms with van der Waals surface area (Å²) in [4.78, 5) is 2.58. The predicted octanol–water partition coefficient (Wildman–Crippen LogP) is 5.27. The number of para-hydroxylation sites is 1. The van der Waals surface area contributed by atoms with Crippen LogP contribution < -0.4 is 5.32 Å². The lowest BCUT2D eigenvalue weighted by molar-refractivity contribution is 1.22. The average molecular weight is 306 g/mol. The summed E-state index contributed by atoms with van der Waals surface area (Å²) in [6, 6.07) is 10.6. The minimum atomic E-state index is 1.18. The first kappa shape index (κ1) is 11.2. The zero-order chi connectivity index (χ0) is 12.0. The Labute approximate surface area is 114 Å². The molecular weight excluding hydrogens is 294 g/mol. The zero-order valence-electron chi connectivity index (χ0n) is 9.67. The maximum Gasteiger partial charge on any atom is 0.0559 e. The maximum absolute atomic E-state index is 3.62. The van der Waals surface area contributed by atoms with E-state index in [2.05, 4.69) is 65.4 Å². The van der Waals surface area contributed by atoms with Gasteiger partial charge in [-0.05, 0) is 43.2 Å². The third-order valence-electron chi connectivity index (χ3n) is 3.17. The van der Waals surface area contributed by atoms with Gasteiger partial charge in [-0.15, -0.1) is 0 Å². The van der Waals surface area contributed by atoms with Gasteiger partial charge in [-0.1, -0.05) is 39.8 Å². The highest BCUT2D eigenvalue weighted by Gasteiger charge is 2.19. The second kappa shape index (κ2) is 4.07. The number of halogens is 1. The summed E-state index contributed by atoms with van der Waals surface area (Å²) >= 11 is 5.45. The minimum absolute atomic E-state index is 1.18. The second-order valence-electron chi connectivity index (χ2n) is 4.20. The van der Waals surface area contributed by atoms with Gasteiger partial charge in [-0.3, -0.25) is 0 Å². The lowest BCUT2D eigenvalue weighted by atomic mass is 10.1. The van der Waals surface area contributed by atoms with Gasteiger partial charge in [-0.2, -0.15) is 0 Å². The van der Waals surface area contributed by atoms with Crippen molar-refractivity contribution >= 4 is 39.1 Å². The van der Waals surface area contributed by atoms with Gasteiger partial charge >= 0.3 is 0 Å². The van der Waals surface area contributed by atoms with Gasteiger partial charge in [0.15, 0.2) is 0 Å². The maximum atomic E-state index is 3.62. The molecule has 0 fully saturated rings. The van der Waals surface area contributed by atoms with Gasteiger partial charge in [-0.25, -0.2) is 0 Å². The van der Waals surface area contributed by atoms with E-state index in [4.69, 9.17) is 0 Å². The first-order valence-electron chi connectivity index (χ1n) is 5.50. The van der Waals surface area contributed by atoms with Crippen molar-refractivity contribution in [2.45, 2.75) is 23.6 Å². The summed E-state index contributed by atoms with van der Waals surface area (Å²) in [6.45, 7) is 4.31. The number of nitrogens with one attached hydrogen (secondary N) is 1. The number of rotatable bonds is 0. The van der Waals surface area contributed by atoms with Crippen LogP contribution in [-0.4, -0.2) is 0 Å². The van der Waals surface area contributed by atoms with E-state index in [0.717, 1.165) is 0 Å². The fourth-order valence-corrected chi connectivity index (χ4v) is 3.77. The molecular formula is C14H12BrNS.